The Bertz CT molecular complexity index is 792. The molecule has 2 amide bonds. The molecule has 26 heavy (non-hydrogen) atoms. The van der Waals surface area contributed by atoms with E-state index in [9.17, 15) is 9.59 Å². The highest BCUT2D eigenvalue weighted by molar-refractivity contribution is 6.30. The van der Waals surface area contributed by atoms with Crippen molar-refractivity contribution in [3.8, 4) is 5.75 Å². The van der Waals surface area contributed by atoms with Crippen LogP contribution in [0.15, 0.2) is 48.5 Å². The normalized spacial score (nSPS) is 15.8. The standard InChI is InChI=1S/C20H21ClN2O3/c1-2-11-22-20(25)18-13-23(16-5-3-4-6-17(16)26-18)19(24)12-14-7-9-15(21)10-8-14/h3-10,18H,2,11-13H2,1H3,(H,22,25)/t18-/m0/s1. The van der Waals surface area contributed by atoms with Crippen LogP contribution >= 0.6 is 11.6 Å². The van der Waals surface area contributed by atoms with E-state index in [-0.39, 0.29) is 24.8 Å². The zero-order chi connectivity index (χ0) is 18.5. The van der Waals surface area contributed by atoms with Crippen molar-refractivity contribution in [1.29, 1.82) is 0 Å². The van der Waals surface area contributed by atoms with Gasteiger partial charge in [0.25, 0.3) is 5.91 Å². The Kier molecular flexibility index (Phi) is 5.78. The Balaban J connectivity index is 1.80. The van der Waals surface area contributed by atoms with E-state index >= 15 is 0 Å². The second-order valence-electron chi connectivity index (χ2n) is 6.17. The molecule has 5 nitrogen and oxygen atoms in total. The number of amides is 2. The van der Waals surface area contributed by atoms with E-state index in [0.717, 1.165) is 12.0 Å². The second kappa shape index (κ2) is 8.23. The predicted octanol–water partition coefficient (Wildman–Crippen LogP) is 3.20. The van der Waals surface area contributed by atoms with Gasteiger partial charge < -0.3 is 15.0 Å². The van der Waals surface area contributed by atoms with Gasteiger partial charge in [-0.05, 0) is 36.2 Å². The van der Waals surface area contributed by atoms with Gasteiger partial charge in [0, 0.05) is 11.6 Å². The number of benzene rings is 2. The smallest absolute Gasteiger partial charge is 0.262 e. The van der Waals surface area contributed by atoms with E-state index in [0.29, 0.717) is 23.0 Å². The molecule has 0 radical (unpaired) electrons. The number of anilines is 1. The van der Waals surface area contributed by atoms with Crippen LogP contribution in [0, 0.1) is 0 Å². The van der Waals surface area contributed by atoms with Gasteiger partial charge in [-0.15, -0.1) is 0 Å². The van der Waals surface area contributed by atoms with E-state index < -0.39 is 6.10 Å². The maximum Gasteiger partial charge on any atom is 0.262 e. The van der Waals surface area contributed by atoms with Crippen LogP contribution in [0.2, 0.25) is 5.02 Å². The number of hydrogen-bond donors (Lipinski definition) is 1. The van der Waals surface area contributed by atoms with Crippen molar-refractivity contribution in [3.05, 3.63) is 59.1 Å². The Hall–Kier alpha value is -2.53. The quantitative estimate of drug-likeness (QED) is 0.876. The Labute approximate surface area is 157 Å². The van der Waals surface area contributed by atoms with Gasteiger partial charge in [-0.3, -0.25) is 9.59 Å². The highest BCUT2D eigenvalue weighted by atomic mass is 35.5. The third-order valence-corrected chi connectivity index (χ3v) is 4.44. The molecular weight excluding hydrogens is 352 g/mol. The first-order valence-corrected chi connectivity index (χ1v) is 9.04. The lowest BCUT2D eigenvalue weighted by atomic mass is 10.1. The number of ether oxygens (including phenoxy) is 1. The predicted molar refractivity (Wildman–Crippen MR) is 102 cm³/mol. The fourth-order valence-corrected chi connectivity index (χ4v) is 2.97. The van der Waals surface area contributed by atoms with Crippen LogP contribution in [0.4, 0.5) is 5.69 Å². The van der Waals surface area contributed by atoms with E-state index in [1.807, 2.05) is 37.3 Å². The highest BCUT2D eigenvalue weighted by Gasteiger charge is 2.33. The molecule has 1 heterocycles. The van der Waals surface area contributed by atoms with Crippen LogP contribution in [-0.4, -0.2) is 31.0 Å². The van der Waals surface area contributed by atoms with E-state index in [4.69, 9.17) is 16.3 Å². The maximum atomic E-state index is 12.9. The fourth-order valence-electron chi connectivity index (χ4n) is 2.84. The Morgan fingerprint density at radius 1 is 1.19 bits per heavy atom. The van der Waals surface area contributed by atoms with Crippen molar-refractivity contribution in [3.63, 3.8) is 0 Å². The van der Waals surface area contributed by atoms with Crippen molar-refractivity contribution in [2.45, 2.75) is 25.9 Å². The third-order valence-electron chi connectivity index (χ3n) is 4.19. The SMILES string of the molecule is CCCNC(=O)[C@@H]1CN(C(=O)Cc2ccc(Cl)cc2)c2ccccc2O1. The summed E-state index contributed by atoms with van der Waals surface area (Å²) in [6, 6.07) is 14.5. The van der Waals surface area contributed by atoms with Gasteiger partial charge in [-0.1, -0.05) is 42.8 Å². The number of nitrogens with zero attached hydrogens (tertiary/aromatic N) is 1. The molecule has 3 rings (SSSR count). The topological polar surface area (TPSA) is 58.6 Å². The molecule has 6 heteroatoms. The summed E-state index contributed by atoms with van der Waals surface area (Å²) in [5, 5.41) is 3.46. The summed E-state index contributed by atoms with van der Waals surface area (Å²) in [6.07, 6.45) is 0.355. The van der Waals surface area contributed by atoms with E-state index in [1.165, 1.54) is 0 Å². The molecule has 1 aliphatic rings. The van der Waals surface area contributed by atoms with Gasteiger partial charge in [-0.25, -0.2) is 0 Å². The van der Waals surface area contributed by atoms with Crippen LogP contribution < -0.4 is 15.0 Å². The van der Waals surface area contributed by atoms with Crippen LogP contribution in [0.3, 0.4) is 0 Å². The fraction of sp³-hybridized carbons (Fsp3) is 0.300. The molecule has 0 bridgehead atoms. The number of para-hydroxylation sites is 2. The second-order valence-corrected chi connectivity index (χ2v) is 6.61. The lowest BCUT2D eigenvalue weighted by molar-refractivity contribution is -0.128. The van der Waals surface area contributed by atoms with Gasteiger partial charge in [0.2, 0.25) is 5.91 Å². The van der Waals surface area contributed by atoms with Crippen molar-refractivity contribution >= 4 is 29.1 Å². The van der Waals surface area contributed by atoms with Gasteiger partial charge in [0.15, 0.2) is 6.10 Å². The average Bonchev–Trinajstić information content (AvgIpc) is 2.66. The minimum absolute atomic E-state index is 0.0867. The van der Waals surface area contributed by atoms with Crippen LogP contribution in [0.5, 0.6) is 5.75 Å². The zero-order valence-electron chi connectivity index (χ0n) is 14.6. The molecule has 136 valence electrons. The van der Waals surface area contributed by atoms with Crippen LogP contribution in [0.25, 0.3) is 0 Å². The molecule has 1 N–H and O–H groups in total. The summed E-state index contributed by atoms with van der Waals surface area (Å²) in [5.74, 6) is 0.252. The molecule has 0 aliphatic carbocycles. The molecule has 0 unspecified atom stereocenters. The summed E-state index contributed by atoms with van der Waals surface area (Å²) >= 11 is 5.90. The number of rotatable bonds is 5. The monoisotopic (exact) mass is 372 g/mol. The van der Waals surface area contributed by atoms with Crippen LogP contribution in [0.1, 0.15) is 18.9 Å². The van der Waals surface area contributed by atoms with Crippen molar-refractivity contribution in [1.82, 2.24) is 5.32 Å². The summed E-state index contributed by atoms with van der Waals surface area (Å²) < 4.78 is 5.81. The largest absolute Gasteiger partial charge is 0.477 e. The molecule has 0 saturated carbocycles. The van der Waals surface area contributed by atoms with E-state index in [1.54, 1.807) is 23.1 Å². The summed E-state index contributed by atoms with van der Waals surface area (Å²) in [6.45, 7) is 2.76. The number of carbonyl (C=O) groups is 2. The number of halogens is 1. The number of carbonyl (C=O) groups excluding carboxylic acids is 2. The van der Waals surface area contributed by atoms with E-state index in [2.05, 4.69) is 5.32 Å². The van der Waals surface area contributed by atoms with Gasteiger partial charge in [-0.2, -0.15) is 0 Å². The minimum Gasteiger partial charge on any atom is -0.477 e. The molecule has 1 atom stereocenters. The molecular formula is C20H21ClN2O3. The third kappa shape index (κ3) is 4.17. The molecule has 2 aromatic rings. The zero-order valence-corrected chi connectivity index (χ0v) is 15.3. The summed E-state index contributed by atoms with van der Waals surface area (Å²) in [7, 11) is 0. The van der Waals surface area contributed by atoms with Crippen molar-refractivity contribution in [2.75, 3.05) is 18.0 Å². The molecule has 0 saturated heterocycles. The first-order valence-electron chi connectivity index (χ1n) is 8.66. The highest BCUT2D eigenvalue weighted by Crippen LogP contribution is 2.33. The number of fused-ring (bicyclic) bond motifs is 1. The van der Waals surface area contributed by atoms with Gasteiger partial charge in [0.05, 0.1) is 18.7 Å². The molecule has 1 aliphatic heterocycles. The first kappa shape index (κ1) is 18.3. The number of nitrogens with one attached hydrogen (secondary N) is 1. The van der Waals surface area contributed by atoms with Gasteiger partial charge in [0.1, 0.15) is 5.75 Å². The first-order chi connectivity index (χ1) is 12.6. The lowest BCUT2D eigenvalue weighted by Gasteiger charge is -2.34. The lowest BCUT2D eigenvalue weighted by Crippen LogP contribution is -2.51. The Morgan fingerprint density at radius 3 is 2.65 bits per heavy atom. The molecule has 0 aromatic heterocycles. The molecule has 0 spiro atoms. The minimum atomic E-state index is -0.717. The Morgan fingerprint density at radius 2 is 1.92 bits per heavy atom. The van der Waals surface area contributed by atoms with Crippen LogP contribution in [-0.2, 0) is 16.0 Å². The number of hydrogen-bond acceptors (Lipinski definition) is 3. The maximum absolute atomic E-state index is 12.9. The summed E-state index contributed by atoms with van der Waals surface area (Å²) in [5.41, 5.74) is 1.56. The average molecular weight is 373 g/mol. The van der Waals surface area contributed by atoms with Crippen molar-refractivity contribution < 1.29 is 14.3 Å². The molecule has 2 aromatic carbocycles. The van der Waals surface area contributed by atoms with Gasteiger partial charge >= 0.3 is 0 Å². The molecule has 0 fully saturated rings. The summed E-state index contributed by atoms with van der Waals surface area (Å²) in [4.78, 5) is 26.9. The van der Waals surface area contributed by atoms with Crippen molar-refractivity contribution in [2.24, 2.45) is 0 Å².